The first kappa shape index (κ1) is 15.9. The van der Waals surface area contributed by atoms with Crippen LogP contribution >= 0.6 is 0 Å². The lowest BCUT2D eigenvalue weighted by Crippen LogP contribution is -2.36. The summed E-state index contributed by atoms with van der Waals surface area (Å²) in [7, 11) is -3.87. The summed E-state index contributed by atoms with van der Waals surface area (Å²) < 4.78 is 45.0. The van der Waals surface area contributed by atoms with Gasteiger partial charge in [0, 0.05) is 19.7 Å². The Morgan fingerprint density at radius 3 is 2.86 bits per heavy atom. The Morgan fingerprint density at radius 2 is 2.19 bits per heavy atom. The Labute approximate surface area is 122 Å². The number of ether oxygens (including phenoxy) is 1. The van der Waals surface area contributed by atoms with E-state index in [0.717, 1.165) is 18.2 Å². The Morgan fingerprint density at radius 1 is 1.48 bits per heavy atom. The SMILES string of the molecule is CC1CN(S(=O)(=O)c2ccc(F)c(C(=O)O)c2)CCCO1. The van der Waals surface area contributed by atoms with Crippen LogP contribution in [0, 0.1) is 5.82 Å². The van der Waals surface area contributed by atoms with Crippen molar-refractivity contribution in [3.63, 3.8) is 0 Å². The van der Waals surface area contributed by atoms with Gasteiger partial charge in [0.15, 0.2) is 0 Å². The summed E-state index contributed by atoms with van der Waals surface area (Å²) in [5.41, 5.74) is -0.657. The van der Waals surface area contributed by atoms with Gasteiger partial charge in [0.05, 0.1) is 16.6 Å². The first-order chi connectivity index (χ1) is 9.82. The third kappa shape index (κ3) is 3.39. The number of nitrogens with zero attached hydrogens (tertiary/aromatic N) is 1. The highest BCUT2D eigenvalue weighted by atomic mass is 32.2. The summed E-state index contributed by atoms with van der Waals surface area (Å²) in [6.07, 6.45) is 0.304. The normalized spacial score (nSPS) is 21.0. The standard InChI is InChI=1S/C13H16FNO5S/c1-9-8-15(5-2-6-20-9)21(18,19)10-3-4-12(14)11(7-10)13(16)17/h3-4,7,9H,2,5-6,8H2,1H3,(H,16,17). The van der Waals surface area contributed by atoms with Gasteiger partial charge in [-0.3, -0.25) is 0 Å². The van der Waals surface area contributed by atoms with E-state index >= 15 is 0 Å². The summed E-state index contributed by atoms with van der Waals surface area (Å²) in [6, 6.07) is 2.78. The van der Waals surface area contributed by atoms with Gasteiger partial charge in [0.1, 0.15) is 5.82 Å². The second kappa shape index (κ2) is 6.08. The minimum Gasteiger partial charge on any atom is -0.478 e. The average Bonchev–Trinajstić information content (AvgIpc) is 2.63. The van der Waals surface area contributed by atoms with Crippen molar-refractivity contribution in [1.82, 2.24) is 4.31 Å². The van der Waals surface area contributed by atoms with Crippen molar-refractivity contribution < 1.29 is 27.4 Å². The van der Waals surface area contributed by atoms with Crippen LogP contribution in [-0.2, 0) is 14.8 Å². The molecule has 1 aliphatic heterocycles. The van der Waals surface area contributed by atoms with Crippen molar-refractivity contribution in [1.29, 1.82) is 0 Å². The Balaban J connectivity index is 2.39. The van der Waals surface area contributed by atoms with Crippen LogP contribution in [0.4, 0.5) is 4.39 Å². The van der Waals surface area contributed by atoms with Crippen molar-refractivity contribution in [3.8, 4) is 0 Å². The molecule has 6 nitrogen and oxygen atoms in total. The second-order valence-corrected chi connectivity index (χ2v) is 6.78. The number of aromatic carboxylic acids is 1. The lowest BCUT2D eigenvalue weighted by molar-refractivity contribution is 0.0691. The molecule has 1 heterocycles. The van der Waals surface area contributed by atoms with Crippen LogP contribution in [0.1, 0.15) is 23.7 Å². The van der Waals surface area contributed by atoms with E-state index in [1.807, 2.05) is 0 Å². The van der Waals surface area contributed by atoms with E-state index in [9.17, 15) is 17.6 Å². The van der Waals surface area contributed by atoms with Crippen molar-refractivity contribution in [2.45, 2.75) is 24.3 Å². The van der Waals surface area contributed by atoms with Gasteiger partial charge >= 0.3 is 5.97 Å². The largest absolute Gasteiger partial charge is 0.478 e. The minimum absolute atomic E-state index is 0.183. The predicted molar refractivity (Wildman–Crippen MR) is 72.1 cm³/mol. The van der Waals surface area contributed by atoms with Gasteiger partial charge in [0.25, 0.3) is 0 Å². The molecule has 2 rings (SSSR count). The van der Waals surface area contributed by atoms with Crippen LogP contribution in [0.25, 0.3) is 0 Å². The number of carbonyl (C=O) groups is 1. The maximum absolute atomic E-state index is 13.4. The van der Waals surface area contributed by atoms with Crippen molar-refractivity contribution >= 4 is 16.0 Å². The average molecular weight is 317 g/mol. The third-order valence-corrected chi connectivity index (χ3v) is 5.08. The molecule has 0 amide bonds. The summed E-state index contributed by atoms with van der Waals surface area (Å²) in [4.78, 5) is 10.7. The summed E-state index contributed by atoms with van der Waals surface area (Å²) >= 11 is 0. The molecule has 1 aromatic rings. The van der Waals surface area contributed by atoms with Crippen molar-refractivity contribution in [3.05, 3.63) is 29.6 Å². The van der Waals surface area contributed by atoms with E-state index in [1.165, 1.54) is 4.31 Å². The predicted octanol–water partition coefficient (Wildman–Crippen LogP) is 1.32. The molecule has 21 heavy (non-hydrogen) atoms. The van der Waals surface area contributed by atoms with Gasteiger partial charge in [-0.15, -0.1) is 0 Å². The number of hydrogen-bond donors (Lipinski definition) is 1. The van der Waals surface area contributed by atoms with Gasteiger partial charge < -0.3 is 9.84 Å². The molecule has 1 atom stereocenters. The molecule has 0 aromatic heterocycles. The van der Waals surface area contributed by atoms with Gasteiger partial charge in [-0.1, -0.05) is 0 Å². The van der Waals surface area contributed by atoms with E-state index in [1.54, 1.807) is 6.92 Å². The lowest BCUT2D eigenvalue weighted by Gasteiger charge is -2.21. The maximum Gasteiger partial charge on any atom is 0.338 e. The number of carboxylic acids is 1. The number of hydrogen-bond acceptors (Lipinski definition) is 4. The molecular weight excluding hydrogens is 301 g/mol. The van der Waals surface area contributed by atoms with E-state index in [4.69, 9.17) is 9.84 Å². The third-order valence-electron chi connectivity index (χ3n) is 3.22. The van der Waals surface area contributed by atoms with Crippen LogP contribution < -0.4 is 0 Å². The van der Waals surface area contributed by atoms with Gasteiger partial charge in [-0.2, -0.15) is 4.31 Å². The molecule has 8 heteroatoms. The smallest absolute Gasteiger partial charge is 0.338 e. The van der Waals surface area contributed by atoms with Crippen LogP contribution in [0.5, 0.6) is 0 Å². The highest BCUT2D eigenvalue weighted by molar-refractivity contribution is 7.89. The fourth-order valence-corrected chi connectivity index (χ4v) is 3.73. The second-order valence-electron chi connectivity index (χ2n) is 4.84. The molecule has 116 valence electrons. The number of benzene rings is 1. The van der Waals surface area contributed by atoms with E-state index < -0.39 is 27.4 Å². The zero-order chi connectivity index (χ0) is 15.6. The molecule has 0 spiro atoms. The molecule has 1 fully saturated rings. The number of sulfonamides is 1. The fourth-order valence-electron chi connectivity index (χ4n) is 2.15. The monoisotopic (exact) mass is 317 g/mol. The molecule has 1 N–H and O–H groups in total. The van der Waals surface area contributed by atoms with Gasteiger partial charge in [0.2, 0.25) is 10.0 Å². The van der Waals surface area contributed by atoms with Gasteiger partial charge in [-0.05, 0) is 31.5 Å². The van der Waals surface area contributed by atoms with Crippen molar-refractivity contribution in [2.24, 2.45) is 0 Å². The highest BCUT2D eigenvalue weighted by Crippen LogP contribution is 2.21. The number of halogens is 1. The highest BCUT2D eigenvalue weighted by Gasteiger charge is 2.29. The molecule has 0 aliphatic carbocycles. The molecule has 1 unspecified atom stereocenters. The van der Waals surface area contributed by atoms with E-state index in [-0.39, 0.29) is 24.1 Å². The molecular formula is C13H16FNO5S. The summed E-state index contributed by atoms with van der Waals surface area (Å²) in [5, 5.41) is 8.88. The molecule has 1 aromatic carbocycles. The maximum atomic E-state index is 13.4. The minimum atomic E-state index is -3.87. The zero-order valence-corrected chi connectivity index (χ0v) is 12.3. The molecule has 1 saturated heterocycles. The van der Waals surface area contributed by atoms with E-state index in [2.05, 4.69) is 0 Å². The molecule has 0 bridgehead atoms. The lowest BCUT2D eigenvalue weighted by atomic mass is 10.2. The first-order valence-electron chi connectivity index (χ1n) is 6.47. The summed E-state index contributed by atoms with van der Waals surface area (Å²) in [6.45, 7) is 2.70. The van der Waals surface area contributed by atoms with Crippen LogP contribution in [-0.4, -0.2) is 49.6 Å². The number of rotatable bonds is 3. The molecule has 0 saturated carbocycles. The summed E-state index contributed by atoms with van der Waals surface area (Å²) in [5.74, 6) is -2.47. The Bertz CT molecular complexity index is 646. The quantitative estimate of drug-likeness (QED) is 0.909. The van der Waals surface area contributed by atoms with Gasteiger partial charge in [-0.25, -0.2) is 17.6 Å². The van der Waals surface area contributed by atoms with Crippen LogP contribution in [0.2, 0.25) is 0 Å². The zero-order valence-electron chi connectivity index (χ0n) is 11.5. The fraction of sp³-hybridized carbons (Fsp3) is 0.462. The van der Waals surface area contributed by atoms with Crippen LogP contribution in [0.15, 0.2) is 23.1 Å². The Hall–Kier alpha value is -1.51. The van der Waals surface area contributed by atoms with Crippen LogP contribution in [0.3, 0.4) is 0 Å². The Kier molecular flexibility index (Phi) is 4.60. The topological polar surface area (TPSA) is 83.9 Å². The first-order valence-corrected chi connectivity index (χ1v) is 7.91. The van der Waals surface area contributed by atoms with Crippen molar-refractivity contribution in [2.75, 3.05) is 19.7 Å². The molecule has 1 aliphatic rings. The van der Waals surface area contributed by atoms with E-state index in [0.29, 0.717) is 13.0 Å². The number of carboxylic acid groups (broad SMARTS) is 1. The molecule has 0 radical (unpaired) electrons.